The number of nitrogens with zero attached hydrogens (tertiary/aromatic N) is 1. The summed E-state index contributed by atoms with van der Waals surface area (Å²) in [5.41, 5.74) is 6.79. The normalized spacial score (nSPS) is 16.4. The lowest BCUT2D eigenvalue weighted by atomic mass is 9.92. The molecule has 0 radical (unpaired) electrons. The highest BCUT2D eigenvalue weighted by Crippen LogP contribution is 2.32. The zero-order valence-corrected chi connectivity index (χ0v) is 14.1. The van der Waals surface area contributed by atoms with Crippen LogP contribution in [0.4, 0.5) is 10.1 Å². The smallest absolute Gasteiger partial charge is 0.161 e. The topological polar surface area (TPSA) is 29.3 Å². The van der Waals surface area contributed by atoms with E-state index >= 15 is 0 Å². The van der Waals surface area contributed by atoms with Gasteiger partial charge in [-0.15, -0.1) is 0 Å². The van der Waals surface area contributed by atoms with Crippen LogP contribution in [0.25, 0.3) is 0 Å². The number of piperidine rings is 1. The molecular formula is C15H20BrFN2S. The number of thiocarbonyl (C=S) groups is 1. The van der Waals surface area contributed by atoms with Gasteiger partial charge in [0.05, 0.1) is 10.2 Å². The van der Waals surface area contributed by atoms with E-state index in [2.05, 4.69) is 27.8 Å². The molecule has 0 saturated carbocycles. The van der Waals surface area contributed by atoms with Crippen molar-refractivity contribution in [3.8, 4) is 0 Å². The van der Waals surface area contributed by atoms with Gasteiger partial charge >= 0.3 is 0 Å². The summed E-state index contributed by atoms with van der Waals surface area (Å²) in [6, 6.07) is 3.58. The van der Waals surface area contributed by atoms with Crippen molar-refractivity contribution in [2.75, 3.05) is 18.0 Å². The van der Waals surface area contributed by atoms with Gasteiger partial charge in [0.1, 0.15) is 4.99 Å². The van der Waals surface area contributed by atoms with Gasteiger partial charge in [-0.1, -0.05) is 32.0 Å². The van der Waals surface area contributed by atoms with Gasteiger partial charge in [-0.25, -0.2) is 4.39 Å². The van der Waals surface area contributed by atoms with E-state index in [1.165, 1.54) is 12.8 Å². The minimum absolute atomic E-state index is 0.212. The molecule has 0 atom stereocenters. The highest BCUT2D eigenvalue weighted by molar-refractivity contribution is 9.10. The number of rotatable bonds is 4. The molecule has 0 spiro atoms. The molecule has 1 aliphatic heterocycles. The minimum Gasteiger partial charge on any atom is -0.389 e. The maximum absolute atomic E-state index is 14.4. The Bertz CT molecular complexity index is 499. The predicted molar refractivity (Wildman–Crippen MR) is 89.8 cm³/mol. The second-order valence-electron chi connectivity index (χ2n) is 5.34. The second-order valence-corrected chi connectivity index (χ2v) is 6.58. The first-order valence-corrected chi connectivity index (χ1v) is 8.27. The van der Waals surface area contributed by atoms with Crippen molar-refractivity contribution in [2.24, 2.45) is 11.7 Å². The molecule has 5 heteroatoms. The number of nitrogens with two attached hydrogens (primary N) is 1. The number of hydrogen-bond acceptors (Lipinski definition) is 2. The standard InChI is InChI=1S/C15H20BrFN2S/c1-2-3-10-6-8-19(9-7-10)12-5-4-11(15(18)20)13(16)14(12)17/h4-5,10H,2-3,6-9H2,1H3,(H2,18,20). The van der Waals surface area contributed by atoms with E-state index in [0.29, 0.717) is 15.7 Å². The van der Waals surface area contributed by atoms with Crippen LogP contribution in [-0.4, -0.2) is 18.1 Å². The Morgan fingerprint density at radius 3 is 2.65 bits per heavy atom. The Balaban J connectivity index is 2.15. The fourth-order valence-electron chi connectivity index (χ4n) is 2.84. The quantitative estimate of drug-likeness (QED) is 0.816. The molecule has 0 aromatic heterocycles. The Morgan fingerprint density at radius 2 is 2.10 bits per heavy atom. The molecule has 1 aromatic carbocycles. The number of halogens is 2. The van der Waals surface area contributed by atoms with Gasteiger partial charge in [0.2, 0.25) is 0 Å². The van der Waals surface area contributed by atoms with Crippen molar-refractivity contribution < 1.29 is 4.39 Å². The SMILES string of the molecule is CCCC1CCN(c2ccc(C(N)=S)c(Br)c2F)CC1. The van der Waals surface area contributed by atoms with E-state index in [1.54, 1.807) is 12.1 Å². The zero-order chi connectivity index (χ0) is 14.7. The van der Waals surface area contributed by atoms with Gasteiger partial charge in [0.25, 0.3) is 0 Å². The van der Waals surface area contributed by atoms with Crippen LogP contribution >= 0.6 is 28.1 Å². The average Bonchev–Trinajstić information content (AvgIpc) is 2.43. The molecule has 0 aliphatic carbocycles. The summed E-state index contributed by atoms with van der Waals surface area (Å²) < 4.78 is 14.8. The van der Waals surface area contributed by atoms with E-state index < -0.39 is 0 Å². The van der Waals surface area contributed by atoms with Gasteiger partial charge in [-0.2, -0.15) is 0 Å². The average molecular weight is 359 g/mol. The first kappa shape index (κ1) is 15.7. The van der Waals surface area contributed by atoms with Crippen molar-refractivity contribution in [3.05, 3.63) is 28.0 Å². The third-order valence-electron chi connectivity index (χ3n) is 3.98. The molecule has 2 N–H and O–H groups in total. The van der Waals surface area contributed by atoms with Crippen LogP contribution in [0.2, 0.25) is 0 Å². The Hall–Kier alpha value is -0.680. The van der Waals surface area contributed by atoms with Crippen LogP contribution in [-0.2, 0) is 0 Å². The molecule has 0 unspecified atom stereocenters. The molecule has 1 saturated heterocycles. The van der Waals surface area contributed by atoms with Crippen LogP contribution < -0.4 is 10.6 Å². The van der Waals surface area contributed by atoms with Crippen LogP contribution in [0.1, 0.15) is 38.2 Å². The first-order chi connectivity index (χ1) is 9.54. The molecule has 1 aliphatic rings. The molecule has 20 heavy (non-hydrogen) atoms. The molecule has 110 valence electrons. The first-order valence-electron chi connectivity index (χ1n) is 7.07. The van der Waals surface area contributed by atoms with Crippen molar-refractivity contribution in [2.45, 2.75) is 32.6 Å². The summed E-state index contributed by atoms with van der Waals surface area (Å²) in [6.07, 6.45) is 4.79. The zero-order valence-electron chi connectivity index (χ0n) is 11.7. The Labute approximate surface area is 133 Å². The van der Waals surface area contributed by atoms with E-state index in [4.69, 9.17) is 18.0 Å². The Kier molecular flexibility index (Phi) is 5.38. The molecule has 0 amide bonds. The van der Waals surface area contributed by atoms with Gasteiger partial charge in [0.15, 0.2) is 5.82 Å². The summed E-state index contributed by atoms with van der Waals surface area (Å²) in [5.74, 6) is 0.530. The molecular weight excluding hydrogens is 339 g/mol. The molecule has 2 nitrogen and oxygen atoms in total. The lowest BCUT2D eigenvalue weighted by molar-refractivity contribution is 0.376. The van der Waals surface area contributed by atoms with Crippen LogP contribution in [0.3, 0.4) is 0 Å². The minimum atomic E-state index is -0.260. The highest BCUT2D eigenvalue weighted by atomic mass is 79.9. The van der Waals surface area contributed by atoms with Crippen molar-refractivity contribution >= 4 is 38.8 Å². The number of benzene rings is 1. The van der Waals surface area contributed by atoms with E-state index in [0.717, 1.165) is 31.8 Å². The summed E-state index contributed by atoms with van der Waals surface area (Å²) in [4.78, 5) is 2.33. The molecule has 1 heterocycles. The van der Waals surface area contributed by atoms with Crippen LogP contribution in [0.15, 0.2) is 16.6 Å². The van der Waals surface area contributed by atoms with Gasteiger partial charge in [-0.3, -0.25) is 0 Å². The lowest BCUT2D eigenvalue weighted by Crippen LogP contribution is -2.34. The molecule has 2 rings (SSSR count). The van der Waals surface area contributed by atoms with Gasteiger partial charge in [0, 0.05) is 18.7 Å². The Morgan fingerprint density at radius 1 is 1.45 bits per heavy atom. The maximum Gasteiger partial charge on any atom is 0.161 e. The summed E-state index contributed by atoms with van der Waals surface area (Å²) >= 11 is 8.19. The summed E-state index contributed by atoms with van der Waals surface area (Å²) in [5, 5.41) is 0. The van der Waals surface area contributed by atoms with Crippen LogP contribution in [0.5, 0.6) is 0 Å². The maximum atomic E-state index is 14.4. The third kappa shape index (κ3) is 3.31. The summed E-state index contributed by atoms with van der Waals surface area (Å²) in [6.45, 7) is 4.05. The van der Waals surface area contributed by atoms with Crippen molar-refractivity contribution in [1.82, 2.24) is 0 Å². The second kappa shape index (κ2) is 6.85. The van der Waals surface area contributed by atoms with E-state index in [-0.39, 0.29) is 10.8 Å². The molecule has 1 aromatic rings. The summed E-state index contributed by atoms with van der Waals surface area (Å²) in [7, 11) is 0. The van der Waals surface area contributed by atoms with Gasteiger partial charge < -0.3 is 10.6 Å². The van der Waals surface area contributed by atoms with Gasteiger partial charge in [-0.05, 0) is 46.8 Å². The fraction of sp³-hybridized carbons (Fsp3) is 0.533. The molecule has 0 bridgehead atoms. The van der Waals surface area contributed by atoms with E-state index in [9.17, 15) is 4.39 Å². The van der Waals surface area contributed by atoms with E-state index in [1.807, 2.05) is 0 Å². The largest absolute Gasteiger partial charge is 0.389 e. The fourth-order valence-corrected chi connectivity index (χ4v) is 3.69. The predicted octanol–water partition coefficient (Wildman–Crippen LogP) is 4.24. The number of anilines is 1. The highest BCUT2D eigenvalue weighted by Gasteiger charge is 2.22. The molecule has 1 fully saturated rings. The lowest BCUT2D eigenvalue weighted by Gasteiger charge is -2.34. The van der Waals surface area contributed by atoms with Crippen molar-refractivity contribution in [1.29, 1.82) is 0 Å². The monoisotopic (exact) mass is 358 g/mol. The third-order valence-corrected chi connectivity index (χ3v) is 4.97. The van der Waals surface area contributed by atoms with Crippen molar-refractivity contribution in [3.63, 3.8) is 0 Å². The van der Waals surface area contributed by atoms with Crippen LogP contribution in [0, 0.1) is 11.7 Å². The number of hydrogen-bond donors (Lipinski definition) is 1.